The van der Waals surface area contributed by atoms with E-state index in [2.05, 4.69) is 36.1 Å². The Balaban J connectivity index is 1.95. The van der Waals surface area contributed by atoms with E-state index in [0.29, 0.717) is 6.04 Å². The van der Waals surface area contributed by atoms with Crippen LogP contribution in [0.5, 0.6) is 0 Å². The van der Waals surface area contributed by atoms with Crippen molar-refractivity contribution in [2.75, 3.05) is 20.1 Å². The molecule has 1 N–H and O–H groups in total. The van der Waals surface area contributed by atoms with Gasteiger partial charge in [0.2, 0.25) is 0 Å². The van der Waals surface area contributed by atoms with Crippen LogP contribution in [0.15, 0.2) is 0 Å². The zero-order chi connectivity index (χ0) is 10.1. The van der Waals surface area contributed by atoms with Crippen molar-refractivity contribution < 1.29 is 0 Å². The van der Waals surface area contributed by atoms with Crippen LogP contribution in [0.1, 0.15) is 15.6 Å². The lowest BCUT2D eigenvalue weighted by Gasteiger charge is -2.35. The Morgan fingerprint density at radius 1 is 1.50 bits per heavy atom. The number of nitrogens with one attached hydrogen (secondary N) is 1. The van der Waals surface area contributed by atoms with Gasteiger partial charge in [0.05, 0.1) is 12.2 Å². The van der Waals surface area contributed by atoms with Crippen LogP contribution < -0.4 is 5.32 Å². The summed E-state index contributed by atoms with van der Waals surface area (Å²) in [6.07, 6.45) is 0. The van der Waals surface area contributed by atoms with Crippen molar-refractivity contribution in [1.29, 1.82) is 0 Å². The second kappa shape index (κ2) is 3.96. The van der Waals surface area contributed by atoms with Crippen molar-refractivity contribution in [2.24, 2.45) is 0 Å². The van der Waals surface area contributed by atoms with E-state index < -0.39 is 0 Å². The number of aryl methyl sites for hydroxylation is 2. The molecule has 1 aromatic rings. The van der Waals surface area contributed by atoms with Crippen molar-refractivity contribution in [1.82, 2.24) is 15.2 Å². The molecule has 0 atom stereocenters. The van der Waals surface area contributed by atoms with E-state index >= 15 is 0 Å². The maximum Gasteiger partial charge on any atom is 0.107 e. The predicted octanol–water partition coefficient (Wildman–Crippen LogP) is 1.16. The van der Waals surface area contributed by atoms with Gasteiger partial charge in [-0.3, -0.25) is 4.90 Å². The summed E-state index contributed by atoms with van der Waals surface area (Å²) >= 11 is 1.82. The largest absolute Gasteiger partial charge is 0.314 e. The first-order valence-corrected chi connectivity index (χ1v) is 5.82. The monoisotopic (exact) mass is 211 g/mol. The molecule has 0 spiro atoms. The zero-order valence-electron chi connectivity index (χ0n) is 9.00. The van der Waals surface area contributed by atoms with E-state index in [1.807, 2.05) is 11.3 Å². The zero-order valence-corrected chi connectivity index (χ0v) is 9.82. The lowest BCUT2D eigenvalue weighted by Crippen LogP contribution is -2.55. The minimum Gasteiger partial charge on any atom is -0.314 e. The van der Waals surface area contributed by atoms with Crippen LogP contribution in [-0.4, -0.2) is 36.1 Å². The summed E-state index contributed by atoms with van der Waals surface area (Å²) in [4.78, 5) is 8.28. The average molecular weight is 211 g/mol. The first kappa shape index (κ1) is 10.1. The highest BCUT2D eigenvalue weighted by molar-refractivity contribution is 7.11. The average Bonchev–Trinajstić information content (AvgIpc) is 2.26. The molecule has 0 amide bonds. The highest BCUT2D eigenvalue weighted by Crippen LogP contribution is 2.18. The summed E-state index contributed by atoms with van der Waals surface area (Å²) in [7, 11) is 2.18. The Kier molecular flexibility index (Phi) is 2.85. The van der Waals surface area contributed by atoms with Gasteiger partial charge in [0.1, 0.15) is 5.01 Å². The minimum absolute atomic E-state index is 0.708. The first-order valence-electron chi connectivity index (χ1n) is 5.00. The molecule has 0 unspecified atom stereocenters. The molecule has 0 radical (unpaired) electrons. The molecule has 2 rings (SSSR count). The predicted molar refractivity (Wildman–Crippen MR) is 59.7 cm³/mol. The van der Waals surface area contributed by atoms with E-state index in [-0.39, 0.29) is 0 Å². The lowest BCUT2D eigenvalue weighted by atomic mass is 10.1. The van der Waals surface area contributed by atoms with E-state index in [9.17, 15) is 0 Å². The van der Waals surface area contributed by atoms with Crippen molar-refractivity contribution in [3.8, 4) is 0 Å². The van der Waals surface area contributed by atoms with E-state index in [4.69, 9.17) is 0 Å². The standard InChI is InChI=1S/C10H17N3S/c1-7-8(2)14-10(12-7)6-13(3)9-4-11-5-9/h9,11H,4-6H2,1-3H3. The van der Waals surface area contributed by atoms with Gasteiger partial charge in [-0.2, -0.15) is 0 Å². The Bertz CT molecular complexity index is 298. The lowest BCUT2D eigenvalue weighted by molar-refractivity contribution is 0.173. The third kappa shape index (κ3) is 1.97. The number of nitrogens with zero attached hydrogens (tertiary/aromatic N) is 2. The molecule has 0 aromatic carbocycles. The fraction of sp³-hybridized carbons (Fsp3) is 0.700. The van der Waals surface area contributed by atoms with Crippen molar-refractivity contribution >= 4 is 11.3 Å². The minimum atomic E-state index is 0.708. The maximum absolute atomic E-state index is 4.55. The molecule has 14 heavy (non-hydrogen) atoms. The molecule has 1 aromatic heterocycles. The third-order valence-corrected chi connectivity index (χ3v) is 3.90. The number of likely N-dealkylation sites (N-methyl/N-ethyl adjacent to an activating group) is 1. The topological polar surface area (TPSA) is 28.2 Å². The quantitative estimate of drug-likeness (QED) is 0.813. The van der Waals surface area contributed by atoms with Gasteiger partial charge in [-0.25, -0.2) is 4.98 Å². The highest BCUT2D eigenvalue weighted by atomic mass is 32.1. The summed E-state index contributed by atoms with van der Waals surface area (Å²) in [6.45, 7) is 7.47. The fourth-order valence-corrected chi connectivity index (χ4v) is 2.53. The van der Waals surface area contributed by atoms with Gasteiger partial charge in [0.25, 0.3) is 0 Å². The molecule has 2 heterocycles. The van der Waals surface area contributed by atoms with Gasteiger partial charge in [-0.05, 0) is 20.9 Å². The van der Waals surface area contributed by atoms with E-state index in [1.165, 1.54) is 15.6 Å². The van der Waals surface area contributed by atoms with Gasteiger partial charge in [-0.15, -0.1) is 11.3 Å². The van der Waals surface area contributed by atoms with E-state index in [1.54, 1.807) is 0 Å². The first-order chi connectivity index (χ1) is 6.66. The summed E-state index contributed by atoms with van der Waals surface area (Å²) in [5, 5.41) is 4.53. The van der Waals surface area contributed by atoms with Crippen molar-refractivity contribution in [2.45, 2.75) is 26.4 Å². The number of hydrogen-bond donors (Lipinski definition) is 1. The van der Waals surface area contributed by atoms with Crippen LogP contribution in [0.2, 0.25) is 0 Å². The van der Waals surface area contributed by atoms with Crippen LogP contribution in [0.4, 0.5) is 0 Å². The van der Waals surface area contributed by atoms with Crippen LogP contribution in [0.25, 0.3) is 0 Å². The molecule has 0 saturated carbocycles. The Morgan fingerprint density at radius 2 is 2.21 bits per heavy atom. The molecule has 1 aliphatic heterocycles. The van der Waals surface area contributed by atoms with Crippen molar-refractivity contribution in [3.63, 3.8) is 0 Å². The van der Waals surface area contributed by atoms with Crippen LogP contribution >= 0.6 is 11.3 Å². The molecule has 1 fully saturated rings. The van der Waals surface area contributed by atoms with Gasteiger partial charge in [-0.1, -0.05) is 0 Å². The van der Waals surface area contributed by atoms with Gasteiger partial charge in [0, 0.05) is 24.0 Å². The molecule has 78 valence electrons. The van der Waals surface area contributed by atoms with Gasteiger partial charge >= 0.3 is 0 Å². The number of thiazole rings is 1. The van der Waals surface area contributed by atoms with Crippen LogP contribution in [0.3, 0.4) is 0 Å². The molecular weight excluding hydrogens is 194 g/mol. The molecule has 4 heteroatoms. The summed E-state index contributed by atoms with van der Waals surface area (Å²) in [5.74, 6) is 0. The molecule has 1 aliphatic rings. The number of aromatic nitrogens is 1. The summed E-state index contributed by atoms with van der Waals surface area (Å²) in [5.41, 5.74) is 1.19. The van der Waals surface area contributed by atoms with E-state index in [0.717, 1.165) is 19.6 Å². The maximum atomic E-state index is 4.55. The third-order valence-electron chi connectivity index (χ3n) is 2.84. The second-order valence-electron chi connectivity index (χ2n) is 3.98. The Hall–Kier alpha value is -0.450. The smallest absolute Gasteiger partial charge is 0.107 e. The molecule has 0 bridgehead atoms. The molecule has 3 nitrogen and oxygen atoms in total. The van der Waals surface area contributed by atoms with Crippen LogP contribution in [-0.2, 0) is 6.54 Å². The summed E-state index contributed by atoms with van der Waals surface area (Å²) < 4.78 is 0. The fourth-order valence-electron chi connectivity index (χ4n) is 1.53. The van der Waals surface area contributed by atoms with Crippen LogP contribution in [0, 0.1) is 13.8 Å². The normalized spacial score (nSPS) is 17.4. The SMILES string of the molecule is Cc1nc(CN(C)C2CNC2)sc1C. The highest BCUT2D eigenvalue weighted by Gasteiger charge is 2.22. The molecule has 1 saturated heterocycles. The second-order valence-corrected chi connectivity index (χ2v) is 5.26. The van der Waals surface area contributed by atoms with Gasteiger partial charge < -0.3 is 5.32 Å². The summed E-state index contributed by atoms with van der Waals surface area (Å²) in [6, 6.07) is 0.708. The van der Waals surface area contributed by atoms with Crippen molar-refractivity contribution in [3.05, 3.63) is 15.6 Å². The molecule has 0 aliphatic carbocycles. The Labute approximate surface area is 89.1 Å². The molecular formula is C10H17N3S. The number of rotatable bonds is 3. The number of hydrogen-bond acceptors (Lipinski definition) is 4. The van der Waals surface area contributed by atoms with Gasteiger partial charge in [0.15, 0.2) is 0 Å². The Morgan fingerprint density at radius 3 is 2.64 bits per heavy atom.